The number of ether oxygens (including phenoxy) is 4. The first-order valence-electron chi connectivity index (χ1n) is 8.29. The number of rotatable bonds is 6. The van der Waals surface area contributed by atoms with Crippen molar-refractivity contribution in [3.05, 3.63) is 51.1 Å². The fourth-order valence-electron chi connectivity index (χ4n) is 3.67. The Bertz CT molecular complexity index is 881. The molecule has 1 aliphatic rings. The van der Waals surface area contributed by atoms with E-state index in [1.54, 1.807) is 18.2 Å². The van der Waals surface area contributed by atoms with Crippen molar-refractivity contribution in [1.29, 1.82) is 0 Å². The molecule has 2 atom stereocenters. The number of hydrogen-bond acceptors (Lipinski definition) is 7. The average Bonchev–Trinajstić information content (AvgIpc) is 3.01. The number of nitro groups is 1. The minimum atomic E-state index is -0.750. The zero-order valence-electron chi connectivity index (χ0n) is 15.5. The highest BCUT2D eigenvalue weighted by atomic mass is 16.6. The number of aliphatic hydroxyl groups is 1. The second-order valence-electron chi connectivity index (χ2n) is 6.14. The van der Waals surface area contributed by atoms with Crippen LogP contribution >= 0.6 is 0 Å². The second-order valence-corrected chi connectivity index (χ2v) is 6.14. The predicted octanol–water partition coefficient (Wildman–Crippen LogP) is 3.20. The molecule has 3 rings (SSSR count). The predicted molar refractivity (Wildman–Crippen MR) is 97.2 cm³/mol. The Hall–Kier alpha value is -3.00. The summed E-state index contributed by atoms with van der Waals surface area (Å²) < 4.78 is 21.4. The molecule has 0 saturated carbocycles. The molecule has 0 fully saturated rings. The van der Waals surface area contributed by atoms with Crippen LogP contribution in [0.5, 0.6) is 23.0 Å². The first-order valence-corrected chi connectivity index (χ1v) is 8.29. The molecule has 8 nitrogen and oxygen atoms in total. The van der Waals surface area contributed by atoms with Gasteiger partial charge in [0.2, 0.25) is 5.75 Å². The molecule has 0 aromatic heterocycles. The molecular weight excluding hydrogens is 354 g/mol. The summed E-state index contributed by atoms with van der Waals surface area (Å²) in [5, 5.41) is 22.0. The molecule has 8 heteroatoms. The molecule has 0 heterocycles. The molecule has 2 unspecified atom stereocenters. The fourth-order valence-corrected chi connectivity index (χ4v) is 3.67. The molecule has 27 heavy (non-hydrogen) atoms. The number of nitro benzene ring substituents is 1. The normalized spacial score (nSPS) is 18.0. The Morgan fingerprint density at radius 1 is 1.00 bits per heavy atom. The van der Waals surface area contributed by atoms with Crippen LogP contribution in [0.15, 0.2) is 24.3 Å². The van der Waals surface area contributed by atoms with Crippen molar-refractivity contribution in [3.8, 4) is 23.0 Å². The maximum atomic E-state index is 11.4. The van der Waals surface area contributed by atoms with E-state index in [2.05, 4.69) is 0 Å². The van der Waals surface area contributed by atoms with Crippen LogP contribution in [0.3, 0.4) is 0 Å². The Labute approximate surface area is 156 Å². The van der Waals surface area contributed by atoms with Gasteiger partial charge in [0.1, 0.15) is 0 Å². The third-order valence-electron chi connectivity index (χ3n) is 4.87. The smallest absolute Gasteiger partial charge is 0.311 e. The van der Waals surface area contributed by atoms with Crippen LogP contribution in [-0.2, 0) is 0 Å². The summed E-state index contributed by atoms with van der Waals surface area (Å²) in [5.74, 6) is 1.21. The van der Waals surface area contributed by atoms with Crippen molar-refractivity contribution in [2.75, 3.05) is 28.4 Å². The summed E-state index contributed by atoms with van der Waals surface area (Å²) in [7, 11) is 5.91. The van der Waals surface area contributed by atoms with E-state index in [0.717, 1.165) is 5.56 Å². The number of benzene rings is 2. The van der Waals surface area contributed by atoms with Gasteiger partial charge in [0, 0.05) is 17.5 Å². The lowest BCUT2D eigenvalue weighted by molar-refractivity contribution is -0.385. The lowest BCUT2D eigenvalue weighted by Crippen LogP contribution is -2.04. The van der Waals surface area contributed by atoms with Crippen molar-refractivity contribution >= 4 is 5.69 Å². The molecule has 0 saturated heterocycles. The Morgan fingerprint density at radius 2 is 1.67 bits per heavy atom. The maximum absolute atomic E-state index is 11.4. The van der Waals surface area contributed by atoms with E-state index < -0.39 is 11.0 Å². The van der Waals surface area contributed by atoms with Gasteiger partial charge < -0.3 is 24.1 Å². The van der Waals surface area contributed by atoms with Crippen LogP contribution in [0.4, 0.5) is 5.69 Å². The Morgan fingerprint density at radius 3 is 2.22 bits per heavy atom. The highest BCUT2D eigenvalue weighted by Gasteiger charge is 2.37. The first-order chi connectivity index (χ1) is 13.0. The van der Waals surface area contributed by atoms with Crippen LogP contribution in [0.25, 0.3) is 0 Å². The van der Waals surface area contributed by atoms with E-state index in [-0.39, 0.29) is 17.4 Å². The summed E-state index contributed by atoms with van der Waals surface area (Å²) in [6.45, 7) is 0. The minimum absolute atomic E-state index is 0.127. The summed E-state index contributed by atoms with van der Waals surface area (Å²) in [6, 6.07) is 6.51. The molecule has 0 amide bonds. The van der Waals surface area contributed by atoms with Gasteiger partial charge in [-0.25, -0.2) is 0 Å². The van der Waals surface area contributed by atoms with E-state index in [1.807, 2.05) is 0 Å². The highest BCUT2D eigenvalue weighted by Crippen LogP contribution is 2.54. The third-order valence-corrected chi connectivity index (χ3v) is 4.87. The molecule has 0 spiro atoms. The zero-order chi connectivity index (χ0) is 19.7. The van der Waals surface area contributed by atoms with Gasteiger partial charge >= 0.3 is 5.69 Å². The van der Waals surface area contributed by atoms with Gasteiger partial charge in [-0.2, -0.15) is 0 Å². The average molecular weight is 375 g/mol. The largest absolute Gasteiger partial charge is 0.493 e. The van der Waals surface area contributed by atoms with Crippen LogP contribution in [0.2, 0.25) is 0 Å². The fraction of sp³-hybridized carbons (Fsp3) is 0.368. The molecular formula is C19H21NO7. The van der Waals surface area contributed by atoms with Gasteiger partial charge in [0.15, 0.2) is 17.2 Å². The van der Waals surface area contributed by atoms with Crippen LogP contribution in [-0.4, -0.2) is 38.5 Å². The molecule has 144 valence electrons. The molecule has 1 N–H and O–H groups in total. The monoisotopic (exact) mass is 375 g/mol. The quantitative estimate of drug-likeness (QED) is 0.611. The second kappa shape index (κ2) is 7.32. The standard InChI is InChI=1S/C19H21NO7/c1-24-15-6-5-10(7-13(15)20(22)23)11-8-14(21)12-9-16(25-2)18(26-3)19(27-4)17(11)12/h5-7,9,11,14,21H,8H2,1-4H3. The van der Waals surface area contributed by atoms with Crippen molar-refractivity contribution < 1.29 is 29.0 Å². The van der Waals surface area contributed by atoms with Gasteiger partial charge in [-0.3, -0.25) is 10.1 Å². The van der Waals surface area contributed by atoms with E-state index in [4.69, 9.17) is 18.9 Å². The molecule has 0 radical (unpaired) electrons. The third kappa shape index (κ3) is 3.02. The van der Waals surface area contributed by atoms with Crippen molar-refractivity contribution in [2.24, 2.45) is 0 Å². The van der Waals surface area contributed by atoms with Gasteiger partial charge in [0.25, 0.3) is 0 Å². The Balaban J connectivity index is 2.20. The SMILES string of the molecule is COc1ccc(C2CC(O)c3cc(OC)c(OC)c(OC)c32)cc1[N+](=O)[O-]. The zero-order valence-corrected chi connectivity index (χ0v) is 15.5. The topological polar surface area (TPSA) is 100 Å². The van der Waals surface area contributed by atoms with Gasteiger partial charge in [-0.15, -0.1) is 0 Å². The van der Waals surface area contributed by atoms with E-state index in [0.29, 0.717) is 34.8 Å². The molecule has 0 bridgehead atoms. The molecule has 1 aliphatic carbocycles. The first kappa shape index (κ1) is 18.8. The number of fused-ring (bicyclic) bond motifs is 1. The van der Waals surface area contributed by atoms with E-state index >= 15 is 0 Å². The van der Waals surface area contributed by atoms with Gasteiger partial charge in [-0.1, -0.05) is 6.07 Å². The number of aliphatic hydroxyl groups excluding tert-OH is 1. The summed E-state index contributed by atoms with van der Waals surface area (Å²) in [4.78, 5) is 10.9. The van der Waals surface area contributed by atoms with E-state index in [9.17, 15) is 15.2 Å². The summed E-state index contributed by atoms with van der Waals surface area (Å²) in [6.07, 6.45) is -0.384. The lowest BCUT2D eigenvalue weighted by Gasteiger charge is -2.20. The van der Waals surface area contributed by atoms with Gasteiger partial charge in [0.05, 0.1) is 39.5 Å². The summed E-state index contributed by atoms with van der Waals surface area (Å²) in [5.41, 5.74) is 1.96. The van der Waals surface area contributed by atoms with Crippen molar-refractivity contribution in [2.45, 2.75) is 18.4 Å². The van der Waals surface area contributed by atoms with Crippen molar-refractivity contribution in [1.82, 2.24) is 0 Å². The molecule has 2 aromatic rings. The van der Waals surface area contributed by atoms with E-state index in [1.165, 1.54) is 34.5 Å². The van der Waals surface area contributed by atoms with Crippen LogP contribution < -0.4 is 18.9 Å². The lowest BCUT2D eigenvalue weighted by atomic mass is 9.91. The number of nitrogens with zero attached hydrogens (tertiary/aromatic N) is 1. The Kier molecular flexibility index (Phi) is 5.09. The van der Waals surface area contributed by atoms with Crippen molar-refractivity contribution in [3.63, 3.8) is 0 Å². The molecule has 0 aliphatic heterocycles. The highest BCUT2D eigenvalue weighted by molar-refractivity contribution is 5.64. The maximum Gasteiger partial charge on any atom is 0.311 e. The molecule has 2 aromatic carbocycles. The van der Waals surface area contributed by atoms with Gasteiger partial charge in [-0.05, 0) is 29.7 Å². The summed E-state index contributed by atoms with van der Waals surface area (Å²) >= 11 is 0. The number of methoxy groups -OCH3 is 4. The number of hydrogen-bond donors (Lipinski definition) is 1. The van der Waals surface area contributed by atoms with Crippen LogP contribution in [0.1, 0.15) is 35.1 Å². The van der Waals surface area contributed by atoms with Crippen LogP contribution in [0, 0.1) is 10.1 Å². The minimum Gasteiger partial charge on any atom is -0.493 e.